The van der Waals surface area contributed by atoms with Crippen molar-refractivity contribution in [3.05, 3.63) is 83.9 Å². The summed E-state index contributed by atoms with van der Waals surface area (Å²) in [5.74, 6) is 0.164. The van der Waals surface area contributed by atoms with Crippen molar-refractivity contribution in [2.24, 2.45) is 0 Å². The van der Waals surface area contributed by atoms with Crippen molar-refractivity contribution in [2.75, 3.05) is 23.8 Å². The van der Waals surface area contributed by atoms with Gasteiger partial charge in [-0.2, -0.15) is 0 Å². The highest BCUT2D eigenvalue weighted by Gasteiger charge is 2.22. The summed E-state index contributed by atoms with van der Waals surface area (Å²) in [6, 6.07) is 18.0. The van der Waals surface area contributed by atoms with Crippen LogP contribution in [0.5, 0.6) is 5.75 Å². The number of anilines is 2. The Labute approximate surface area is 195 Å². The minimum atomic E-state index is -3.82. The number of nitrogens with zero attached hydrogens (tertiary/aromatic N) is 3. The molecule has 0 atom stereocenters. The van der Waals surface area contributed by atoms with Gasteiger partial charge >= 0.3 is 0 Å². The quantitative estimate of drug-likeness (QED) is 0.423. The van der Waals surface area contributed by atoms with Gasteiger partial charge in [0.15, 0.2) is 5.13 Å². The van der Waals surface area contributed by atoms with Crippen LogP contribution in [0.25, 0.3) is 11.4 Å². The van der Waals surface area contributed by atoms with Gasteiger partial charge in [0.25, 0.3) is 15.9 Å². The topological polar surface area (TPSA) is 101 Å². The number of methoxy groups -OCH3 is 1. The zero-order chi connectivity index (χ0) is 23.4. The van der Waals surface area contributed by atoms with Crippen LogP contribution in [0.15, 0.2) is 83.2 Å². The van der Waals surface area contributed by atoms with Crippen molar-refractivity contribution in [1.82, 2.24) is 9.97 Å². The van der Waals surface area contributed by atoms with E-state index >= 15 is 0 Å². The molecule has 0 unspecified atom stereocenters. The van der Waals surface area contributed by atoms with Gasteiger partial charge in [-0.1, -0.05) is 12.1 Å². The molecule has 10 heteroatoms. The van der Waals surface area contributed by atoms with Crippen LogP contribution in [-0.4, -0.2) is 38.5 Å². The Bertz CT molecular complexity index is 1370. The summed E-state index contributed by atoms with van der Waals surface area (Å²) in [4.78, 5) is 21.3. The molecular weight excluding hydrogens is 460 g/mol. The van der Waals surface area contributed by atoms with E-state index < -0.39 is 10.0 Å². The molecule has 0 aliphatic carbocycles. The van der Waals surface area contributed by atoms with Crippen molar-refractivity contribution in [3.8, 4) is 17.1 Å². The zero-order valence-electron chi connectivity index (χ0n) is 17.8. The lowest BCUT2D eigenvalue weighted by atomic mass is 10.2. The first kappa shape index (κ1) is 22.4. The van der Waals surface area contributed by atoms with Gasteiger partial charge in [-0.05, 0) is 48.5 Å². The predicted octanol–water partition coefficient (Wildman–Crippen LogP) is 4.29. The van der Waals surface area contributed by atoms with E-state index in [2.05, 4.69) is 15.3 Å². The normalized spacial score (nSPS) is 11.1. The molecule has 2 heterocycles. The molecule has 0 aliphatic rings. The number of nitrogens with one attached hydrogen (secondary N) is 1. The highest BCUT2D eigenvalue weighted by molar-refractivity contribution is 7.92. The van der Waals surface area contributed by atoms with Gasteiger partial charge in [-0.25, -0.2) is 13.4 Å². The van der Waals surface area contributed by atoms with Gasteiger partial charge in [0.2, 0.25) is 0 Å². The molecule has 2 aromatic carbocycles. The Morgan fingerprint density at radius 1 is 1.03 bits per heavy atom. The first-order valence-electron chi connectivity index (χ1n) is 9.80. The van der Waals surface area contributed by atoms with Gasteiger partial charge in [0.1, 0.15) is 11.4 Å². The minimum Gasteiger partial charge on any atom is -0.497 e. The molecule has 0 saturated carbocycles. The molecule has 33 heavy (non-hydrogen) atoms. The van der Waals surface area contributed by atoms with Crippen LogP contribution < -0.4 is 14.4 Å². The molecule has 0 aliphatic heterocycles. The number of amides is 1. The first-order chi connectivity index (χ1) is 15.9. The summed E-state index contributed by atoms with van der Waals surface area (Å²) in [5.41, 5.74) is 2.15. The molecule has 168 valence electrons. The number of pyridine rings is 1. The van der Waals surface area contributed by atoms with Gasteiger partial charge < -0.3 is 4.74 Å². The SMILES string of the molecule is COc1cccc(N(C)S(=O)(=O)c2ccc(C(=O)Nc3nc(-c4ccccn4)cs3)cc2)c1. The van der Waals surface area contributed by atoms with E-state index in [1.807, 2.05) is 23.6 Å². The van der Waals surface area contributed by atoms with E-state index in [1.54, 1.807) is 30.5 Å². The molecule has 4 rings (SSSR count). The average Bonchev–Trinajstić information content (AvgIpc) is 3.32. The van der Waals surface area contributed by atoms with Crippen molar-refractivity contribution >= 4 is 38.1 Å². The molecule has 0 saturated heterocycles. The highest BCUT2D eigenvalue weighted by atomic mass is 32.2. The van der Waals surface area contributed by atoms with E-state index in [0.717, 1.165) is 0 Å². The predicted molar refractivity (Wildman–Crippen MR) is 128 cm³/mol. The second kappa shape index (κ2) is 9.39. The number of carbonyl (C=O) groups is 1. The van der Waals surface area contributed by atoms with E-state index in [4.69, 9.17) is 4.74 Å². The minimum absolute atomic E-state index is 0.0658. The summed E-state index contributed by atoms with van der Waals surface area (Å²) in [6.07, 6.45) is 1.67. The number of hydrogen-bond donors (Lipinski definition) is 1. The van der Waals surface area contributed by atoms with Crippen LogP contribution in [-0.2, 0) is 10.0 Å². The number of aromatic nitrogens is 2. The molecule has 0 radical (unpaired) electrons. The number of hydrogen-bond acceptors (Lipinski definition) is 7. The smallest absolute Gasteiger partial charge is 0.264 e. The van der Waals surface area contributed by atoms with E-state index in [9.17, 15) is 13.2 Å². The molecule has 1 N–H and O–H groups in total. The van der Waals surface area contributed by atoms with E-state index in [0.29, 0.717) is 33.5 Å². The van der Waals surface area contributed by atoms with Gasteiger partial charge in [0, 0.05) is 30.3 Å². The van der Waals surface area contributed by atoms with Crippen molar-refractivity contribution in [3.63, 3.8) is 0 Å². The van der Waals surface area contributed by atoms with Crippen LogP contribution in [0.3, 0.4) is 0 Å². The van der Waals surface area contributed by atoms with Crippen LogP contribution in [0.4, 0.5) is 10.8 Å². The lowest BCUT2D eigenvalue weighted by Crippen LogP contribution is -2.26. The lowest BCUT2D eigenvalue weighted by molar-refractivity contribution is 0.102. The fraction of sp³-hybridized carbons (Fsp3) is 0.0870. The summed E-state index contributed by atoms with van der Waals surface area (Å²) in [5, 5.41) is 4.97. The second-order valence-corrected chi connectivity index (χ2v) is 9.73. The van der Waals surface area contributed by atoms with Gasteiger partial charge in [-0.15, -0.1) is 11.3 Å². The maximum absolute atomic E-state index is 13.0. The Morgan fingerprint density at radius 3 is 2.52 bits per heavy atom. The Morgan fingerprint density at radius 2 is 1.82 bits per heavy atom. The van der Waals surface area contributed by atoms with Gasteiger partial charge in [0.05, 0.1) is 23.4 Å². The van der Waals surface area contributed by atoms with Crippen molar-refractivity contribution < 1.29 is 17.9 Å². The highest BCUT2D eigenvalue weighted by Crippen LogP contribution is 2.26. The van der Waals surface area contributed by atoms with Gasteiger partial charge in [-0.3, -0.25) is 19.4 Å². The summed E-state index contributed by atoms with van der Waals surface area (Å²) in [7, 11) is -0.836. The van der Waals surface area contributed by atoms with Crippen LogP contribution in [0.2, 0.25) is 0 Å². The van der Waals surface area contributed by atoms with E-state index in [-0.39, 0.29) is 10.8 Å². The van der Waals surface area contributed by atoms with Crippen molar-refractivity contribution in [1.29, 1.82) is 0 Å². The van der Waals surface area contributed by atoms with E-state index in [1.165, 1.54) is 54.1 Å². The summed E-state index contributed by atoms with van der Waals surface area (Å²) >= 11 is 1.28. The standard InChI is InChI=1S/C23H20N4O4S2/c1-27(17-6-5-7-18(14-17)31-2)33(29,30)19-11-9-16(10-12-19)22(28)26-23-25-21(15-32-23)20-8-3-4-13-24-20/h3-15H,1-2H3,(H,25,26,28). The molecule has 8 nitrogen and oxygen atoms in total. The molecule has 1 amide bonds. The monoisotopic (exact) mass is 480 g/mol. The number of ether oxygens (including phenoxy) is 1. The summed E-state index contributed by atoms with van der Waals surface area (Å²) < 4.78 is 32.4. The lowest BCUT2D eigenvalue weighted by Gasteiger charge is -2.20. The number of carbonyl (C=O) groups excluding carboxylic acids is 1. The molecular formula is C23H20N4O4S2. The first-order valence-corrected chi connectivity index (χ1v) is 12.1. The second-order valence-electron chi connectivity index (χ2n) is 6.91. The van der Waals surface area contributed by atoms with Crippen LogP contribution in [0.1, 0.15) is 10.4 Å². The molecule has 0 spiro atoms. The number of rotatable bonds is 7. The largest absolute Gasteiger partial charge is 0.497 e. The third-order valence-electron chi connectivity index (χ3n) is 4.84. The number of sulfonamides is 1. The third-order valence-corrected chi connectivity index (χ3v) is 7.40. The zero-order valence-corrected chi connectivity index (χ0v) is 19.4. The Hall–Kier alpha value is -3.76. The molecule has 0 fully saturated rings. The molecule has 2 aromatic heterocycles. The third kappa shape index (κ3) is 4.86. The summed E-state index contributed by atoms with van der Waals surface area (Å²) in [6.45, 7) is 0. The molecule has 4 aromatic rings. The number of thiazole rings is 1. The fourth-order valence-electron chi connectivity index (χ4n) is 3.01. The van der Waals surface area contributed by atoms with Crippen LogP contribution >= 0.6 is 11.3 Å². The maximum Gasteiger partial charge on any atom is 0.264 e. The molecule has 0 bridgehead atoms. The van der Waals surface area contributed by atoms with Crippen molar-refractivity contribution in [2.45, 2.75) is 4.90 Å². The average molecular weight is 481 g/mol. The Balaban J connectivity index is 1.48. The van der Waals surface area contributed by atoms with Crippen LogP contribution in [0, 0.1) is 0 Å². The fourth-order valence-corrected chi connectivity index (χ4v) is 4.90. The maximum atomic E-state index is 13.0. The number of benzene rings is 2. The Kier molecular flexibility index (Phi) is 6.38.